The zero-order valence-corrected chi connectivity index (χ0v) is 12.9. The number of hydrogen-bond donors (Lipinski definition) is 2. The molecule has 0 unspecified atom stereocenters. The summed E-state index contributed by atoms with van der Waals surface area (Å²) in [5.41, 5.74) is 6.00. The second kappa shape index (κ2) is 7.51. The molecule has 0 aliphatic carbocycles. The van der Waals surface area contributed by atoms with E-state index in [2.05, 4.69) is 5.32 Å². The number of primary amides is 1. The number of benzene rings is 2. The third kappa shape index (κ3) is 4.26. The maximum Gasteiger partial charge on any atom is 0.250 e. The number of nitrogens with one attached hydrogen (secondary N) is 1. The molecule has 3 N–H and O–H groups in total. The molecule has 0 saturated carbocycles. The average Bonchev–Trinajstić information content (AvgIpc) is 2.53. The van der Waals surface area contributed by atoms with Gasteiger partial charge in [-0.3, -0.25) is 9.59 Å². The standard InChI is InChI=1S/C16H16N2O3S/c1-21-11-6-8-12(9-7-11)22-10-15(19)18-14-5-3-2-4-13(14)16(17)20/h2-9H,10H2,1H3,(H2,17,20)(H,18,19). The Morgan fingerprint density at radius 3 is 2.45 bits per heavy atom. The van der Waals surface area contributed by atoms with Crippen molar-refractivity contribution in [2.75, 3.05) is 18.2 Å². The number of ether oxygens (including phenoxy) is 1. The molecule has 0 aliphatic rings. The summed E-state index contributed by atoms with van der Waals surface area (Å²) in [4.78, 5) is 24.2. The van der Waals surface area contributed by atoms with Crippen molar-refractivity contribution in [3.8, 4) is 5.75 Å². The van der Waals surface area contributed by atoms with Crippen molar-refractivity contribution in [3.63, 3.8) is 0 Å². The Balaban J connectivity index is 1.94. The van der Waals surface area contributed by atoms with Gasteiger partial charge < -0.3 is 15.8 Å². The summed E-state index contributed by atoms with van der Waals surface area (Å²) in [5.74, 6) is 0.233. The Kier molecular flexibility index (Phi) is 5.43. The summed E-state index contributed by atoms with van der Waals surface area (Å²) in [6.07, 6.45) is 0. The second-order valence-corrected chi connectivity index (χ2v) is 5.47. The molecule has 0 spiro atoms. The van der Waals surface area contributed by atoms with Gasteiger partial charge >= 0.3 is 0 Å². The van der Waals surface area contributed by atoms with Gasteiger partial charge in [-0.15, -0.1) is 11.8 Å². The van der Waals surface area contributed by atoms with Crippen LogP contribution < -0.4 is 15.8 Å². The molecule has 2 aromatic rings. The summed E-state index contributed by atoms with van der Waals surface area (Å²) in [5, 5.41) is 2.70. The second-order valence-electron chi connectivity index (χ2n) is 4.42. The molecule has 0 fully saturated rings. The van der Waals surface area contributed by atoms with Crippen molar-refractivity contribution in [1.29, 1.82) is 0 Å². The summed E-state index contributed by atoms with van der Waals surface area (Å²) in [6.45, 7) is 0. The molecule has 114 valence electrons. The molecule has 2 aromatic carbocycles. The fourth-order valence-electron chi connectivity index (χ4n) is 1.81. The maximum atomic E-state index is 12.0. The monoisotopic (exact) mass is 316 g/mol. The number of rotatable bonds is 6. The van der Waals surface area contributed by atoms with Crippen LogP contribution in [0.25, 0.3) is 0 Å². The van der Waals surface area contributed by atoms with Gasteiger partial charge in [0.05, 0.1) is 24.1 Å². The van der Waals surface area contributed by atoms with E-state index in [0.29, 0.717) is 11.3 Å². The van der Waals surface area contributed by atoms with Crippen LogP contribution in [0.5, 0.6) is 5.75 Å². The summed E-state index contributed by atoms with van der Waals surface area (Å²) >= 11 is 1.40. The topological polar surface area (TPSA) is 81.4 Å². The van der Waals surface area contributed by atoms with E-state index in [0.717, 1.165) is 10.6 Å². The Labute approximate surface area is 132 Å². The fraction of sp³-hybridized carbons (Fsp3) is 0.125. The number of carbonyl (C=O) groups is 2. The van der Waals surface area contributed by atoms with Crippen molar-refractivity contribution in [1.82, 2.24) is 0 Å². The number of hydrogen-bond acceptors (Lipinski definition) is 4. The average molecular weight is 316 g/mol. The van der Waals surface area contributed by atoms with E-state index in [1.807, 2.05) is 24.3 Å². The number of nitrogens with two attached hydrogens (primary N) is 1. The van der Waals surface area contributed by atoms with Crippen LogP contribution in [0.2, 0.25) is 0 Å². The van der Waals surface area contributed by atoms with Gasteiger partial charge in [0.2, 0.25) is 5.91 Å². The molecular formula is C16H16N2O3S. The fourth-order valence-corrected chi connectivity index (χ4v) is 2.51. The minimum atomic E-state index is -0.571. The van der Waals surface area contributed by atoms with Crippen LogP contribution in [0.15, 0.2) is 53.4 Å². The first kappa shape index (κ1) is 15.9. The van der Waals surface area contributed by atoms with Crippen molar-refractivity contribution in [2.24, 2.45) is 5.73 Å². The zero-order valence-electron chi connectivity index (χ0n) is 12.0. The lowest BCUT2D eigenvalue weighted by Gasteiger charge is -2.08. The highest BCUT2D eigenvalue weighted by Crippen LogP contribution is 2.22. The van der Waals surface area contributed by atoms with Crippen LogP contribution in [0.1, 0.15) is 10.4 Å². The number of anilines is 1. The normalized spacial score (nSPS) is 10.0. The molecule has 5 nitrogen and oxygen atoms in total. The Hall–Kier alpha value is -2.47. The van der Waals surface area contributed by atoms with Gasteiger partial charge in [-0.1, -0.05) is 12.1 Å². The lowest BCUT2D eigenvalue weighted by Crippen LogP contribution is -2.19. The van der Waals surface area contributed by atoms with Gasteiger partial charge in [-0.25, -0.2) is 0 Å². The number of amides is 2. The minimum Gasteiger partial charge on any atom is -0.497 e. The predicted octanol–water partition coefficient (Wildman–Crippen LogP) is 2.52. The molecule has 2 amide bonds. The van der Waals surface area contributed by atoms with Crippen LogP contribution >= 0.6 is 11.8 Å². The molecule has 2 rings (SSSR count). The van der Waals surface area contributed by atoms with E-state index < -0.39 is 5.91 Å². The quantitative estimate of drug-likeness (QED) is 0.802. The highest BCUT2D eigenvalue weighted by atomic mass is 32.2. The van der Waals surface area contributed by atoms with E-state index in [-0.39, 0.29) is 11.7 Å². The van der Waals surface area contributed by atoms with E-state index in [4.69, 9.17) is 10.5 Å². The molecule has 6 heteroatoms. The Morgan fingerprint density at radius 1 is 1.14 bits per heavy atom. The lowest BCUT2D eigenvalue weighted by molar-refractivity contribution is -0.113. The zero-order chi connectivity index (χ0) is 15.9. The number of methoxy groups -OCH3 is 1. The molecule has 0 atom stereocenters. The molecule has 0 heterocycles. The van der Waals surface area contributed by atoms with Crippen LogP contribution in [-0.4, -0.2) is 24.7 Å². The van der Waals surface area contributed by atoms with Crippen LogP contribution in [0, 0.1) is 0 Å². The molecule has 0 aliphatic heterocycles. The summed E-state index contributed by atoms with van der Waals surface area (Å²) in [6, 6.07) is 14.1. The molecule has 0 bridgehead atoms. The van der Waals surface area contributed by atoms with Gasteiger partial charge in [0.15, 0.2) is 0 Å². The van der Waals surface area contributed by atoms with Crippen molar-refractivity contribution in [2.45, 2.75) is 4.90 Å². The Morgan fingerprint density at radius 2 is 1.82 bits per heavy atom. The van der Waals surface area contributed by atoms with Crippen LogP contribution in [0.4, 0.5) is 5.69 Å². The van der Waals surface area contributed by atoms with E-state index >= 15 is 0 Å². The number of thioether (sulfide) groups is 1. The SMILES string of the molecule is COc1ccc(SCC(=O)Nc2ccccc2C(N)=O)cc1. The molecule has 0 radical (unpaired) electrons. The van der Waals surface area contributed by atoms with Crippen LogP contribution in [0.3, 0.4) is 0 Å². The molecule has 0 aromatic heterocycles. The van der Waals surface area contributed by atoms with Crippen LogP contribution in [-0.2, 0) is 4.79 Å². The highest BCUT2D eigenvalue weighted by Gasteiger charge is 2.10. The smallest absolute Gasteiger partial charge is 0.250 e. The lowest BCUT2D eigenvalue weighted by atomic mass is 10.1. The number of para-hydroxylation sites is 1. The Bertz CT molecular complexity index is 671. The van der Waals surface area contributed by atoms with Gasteiger partial charge in [-0.2, -0.15) is 0 Å². The van der Waals surface area contributed by atoms with Gasteiger partial charge in [0.25, 0.3) is 5.91 Å². The predicted molar refractivity (Wildman–Crippen MR) is 87.3 cm³/mol. The van der Waals surface area contributed by atoms with Crippen molar-refractivity contribution < 1.29 is 14.3 Å². The minimum absolute atomic E-state index is 0.200. The number of carbonyl (C=O) groups excluding carboxylic acids is 2. The third-order valence-electron chi connectivity index (χ3n) is 2.90. The van der Waals surface area contributed by atoms with E-state index in [1.54, 1.807) is 31.4 Å². The van der Waals surface area contributed by atoms with Gasteiger partial charge in [0, 0.05) is 4.90 Å². The summed E-state index contributed by atoms with van der Waals surface area (Å²) < 4.78 is 5.08. The highest BCUT2D eigenvalue weighted by molar-refractivity contribution is 8.00. The molecular weight excluding hydrogens is 300 g/mol. The molecule has 22 heavy (non-hydrogen) atoms. The molecule has 0 saturated heterocycles. The maximum absolute atomic E-state index is 12.0. The van der Waals surface area contributed by atoms with E-state index in [9.17, 15) is 9.59 Å². The van der Waals surface area contributed by atoms with Crippen molar-refractivity contribution in [3.05, 3.63) is 54.1 Å². The first-order chi connectivity index (χ1) is 10.6. The van der Waals surface area contributed by atoms with E-state index in [1.165, 1.54) is 11.8 Å². The first-order valence-electron chi connectivity index (χ1n) is 6.55. The largest absolute Gasteiger partial charge is 0.497 e. The van der Waals surface area contributed by atoms with Gasteiger partial charge in [-0.05, 0) is 36.4 Å². The van der Waals surface area contributed by atoms with Crippen molar-refractivity contribution >= 4 is 29.3 Å². The summed E-state index contributed by atoms with van der Waals surface area (Å²) in [7, 11) is 1.60. The third-order valence-corrected chi connectivity index (χ3v) is 3.91. The van der Waals surface area contributed by atoms with Gasteiger partial charge in [0.1, 0.15) is 5.75 Å². The first-order valence-corrected chi connectivity index (χ1v) is 7.54.